The molecule has 1 aromatic carbocycles. The highest BCUT2D eigenvalue weighted by Gasteiger charge is 2.13. The fraction of sp³-hybridized carbons (Fsp3) is 0.375. The summed E-state index contributed by atoms with van der Waals surface area (Å²) in [5.41, 5.74) is 1.52. The lowest BCUT2D eigenvalue weighted by Gasteiger charge is -2.27. The summed E-state index contributed by atoms with van der Waals surface area (Å²) in [7, 11) is 0. The lowest BCUT2D eigenvalue weighted by molar-refractivity contribution is -0.114. The summed E-state index contributed by atoms with van der Waals surface area (Å²) in [6, 6.07) is 7.41. The Kier molecular flexibility index (Phi) is 4.65. The van der Waals surface area contributed by atoms with E-state index in [2.05, 4.69) is 30.7 Å². The van der Waals surface area contributed by atoms with E-state index in [1.807, 2.05) is 24.3 Å². The number of carbonyl (C=O) groups excluding carboxylic acids is 1. The van der Waals surface area contributed by atoms with E-state index in [-0.39, 0.29) is 5.91 Å². The molecule has 1 aliphatic rings. The molecule has 0 aliphatic carbocycles. The van der Waals surface area contributed by atoms with Crippen LogP contribution in [0.15, 0.2) is 30.5 Å². The molecule has 0 atom stereocenters. The smallest absolute Gasteiger partial charge is 0.249 e. The molecule has 1 saturated heterocycles. The topological polar surface area (TPSA) is 83.0 Å². The molecule has 2 aromatic rings. The summed E-state index contributed by atoms with van der Waals surface area (Å²) in [5.74, 6) is 1.19. The minimum absolute atomic E-state index is 0.104. The second-order valence-corrected chi connectivity index (χ2v) is 5.57. The Bertz CT molecular complexity index is 684. The molecule has 1 fully saturated rings. The Hall–Kier alpha value is -2.70. The van der Waals surface area contributed by atoms with Crippen LogP contribution in [-0.4, -0.2) is 34.2 Å². The van der Waals surface area contributed by atoms with Crippen molar-refractivity contribution in [3.63, 3.8) is 0 Å². The first kappa shape index (κ1) is 15.2. The molecule has 120 valence electrons. The van der Waals surface area contributed by atoms with Gasteiger partial charge in [-0.25, -0.2) is 0 Å². The number of nitrogens with one attached hydrogen (secondary N) is 2. The van der Waals surface area contributed by atoms with Crippen LogP contribution >= 0.6 is 0 Å². The third-order valence-corrected chi connectivity index (χ3v) is 3.67. The molecule has 1 aromatic heterocycles. The van der Waals surface area contributed by atoms with Gasteiger partial charge in [-0.15, -0.1) is 5.10 Å². The van der Waals surface area contributed by atoms with Crippen molar-refractivity contribution in [1.82, 2.24) is 15.2 Å². The average Bonchev–Trinajstić information content (AvgIpc) is 2.56. The number of aromatic nitrogens is 3. The van der Waals surface area contributed by atoms with Gasteiger partial charge < -0.3 is 15.5 Å². The molecule has 0 radical (unpaired) electrons. The molecule has 0 saturated carbocycles. The van der Waals surface area contributed by atoms with Gasteiger partial charge in [0.1, 0.15) is 0 Å². The van der Waals surface area contributed by atoms with E-state index in [9.17, 15) is 4.79 Å². The normalized spacial score (nSPS) is 14.4. The van der Waals surface area contributed by atoms with Gasteiger partial charge in [0, 0.05) is 31.4 Å². The van der Waals surface area contributed by atoms with Crippen molar-refractivity contribution in [2.75, 3.05) is 28.6 Å². The maximum atomic E-state index is 11.1. The molecular weight excluding hydrogens is 292 g/mol. The number of amides is 1. The van der Waals surface area contributed by atoms with Gasteiger partial charge in [-0.05, 0) is 37.5 Å². The molecule has 0 spiro atoms. The van der Waals surface area contributed by atoms with Gasteiger partial charge >= 0.3 is 0 Å². The maximum Gasteiger partial charge on any atom is 0.249 e. The van der Waals surface area contributed by atoms with Crippen LogP contribution in [0, 0.1) is 0 Å². The Morgan fingerprint density at radius 3 is 2.74 bits per heavy atom. The Morgan fingerprint density at radius 2 is 1.96 bits per heavy atom. The second kappa shape index (κ2) is 7.04. The van der Waals surface area contributed by atoms with Gasteiger partial charge in [0.15, 0.2) is 5.82 Å². The fourth-order valence-electron chi connectivity index (χ4n) is 2.63. The average molecular weight is 312 g/mol. The maximum absolute atomic E-state index is 11.1. The van der Waals surface area contributed by atoms with E-state index < -0.39 is 0 Å². The molecule has 7 nitrogen and oxygen atoms in total. The summed E-state index contributed by atoms with van der Waals surface area (Å²) < 4.78 is 0. The molecule has 1 aliphatic heterocycles. The first-order valence-electron chi connectivity index (χ1n) is 7.80. The van der Waals surface area contributed by atoms with Gasteiger partial charge in [0.2, 0.25) is 11.9 Å². The van der Waals surface area contributed by atoms with Crippen LogP contribution in [0.5, 0.6) is 0 Å². The van der Waals surface area contributed by atoms with Crippen LogP contribution in [0.3, 0.4) is 0 Å². The predicted octanol–water partition coefficient (Wildman–Crippen LogP) is 2.56. The zero-order valence-electron chi connectivity index (χ0n) is 13.1. The van der Waals surface area contributed by atoms with E-state index in [1.165, 1.54) is 26.2 Å². The highest BCUT2D eigenvalue weighted by atomic mass is 16.1. The van der Waals surface area contributed by atoms with Crippen LogP contribution in [0.2, 0.25) is 0 Å². The summed E-state index contributed by atoms with van der Waals surface area (Å²) in [4.78, 5) is 17.9. The van der Waals surface area contributed by atoms with E-state index in [1.54, 1.807) is 6.20 Å². The molecule has 2 heterocycles. The predicted molar refractivity (Wildman–Crippen MR) is 89.9 cm³/mol. The molecule has 23 heavy (non-hydrogen) atoms. The minimum atomic E-state index is -0.104. The van der Waals surface area contributed by atoms with E-state index in [4.69, 9.17) is 0 Å². The molecular formula is C16H20N6O. The first-order valence-corrected chi connectivity index (χ1v) is 7.80. The zero-order valence-corrected chi connectivity index (χ0v) is 13.1. The molecule has 0 bridgehead atoms. The monoisotopic (exact) mass is 312 g/mol. The quantitative estimate of drug-likeness (QED) is 0.903. The van der Waals surface area contributed by atoms with Crippen LogP contribution in [0.4, 0.5) is 23.1 Å². The summed E-state index contributed by atoms with van der Waals surface area (Å²) >= 11 is 0. The standard InChI is InChI=1S/C16H20N6O/c1-12(23)18-13-6-5-7-14(10-13)19-16-20-15(11-17-21-16)22-8-3-2-4-9-22/h5-7,10-11H,2-4,8-9H2,1H3,(H,18,23)(H,19,20,21). The number of benzene rings is 1. The van der Waals surface area contributed by atoms with Gasteiger partial charge in [-0.2, -0.15) is 10.1 Å². The number of hydrogen-bond donors (Lipinski definition) is 2. The highest BCUT2D eigenvalue weighted by molar-refractivity contribution is 5.89. The number of piperidine rings is 1. The van der Waals surface area contributed by atoms with Crippen molar-refractivity contribution in [1.29, 1.82) is 0 Å². The first-order chi connectivity index (χ1) is 11.2. The van der Waals surface area contributed by atoms with Gasteiger partial charge in [-0.3, -0.25) is 4.79 Å². The van der Waals surface area contributed by atoms with E-state index in [0.717, 1.165) is 30.3 Å². The number of carbonyl (C=O) groups is 1. The molecule has 7 heteroatoms. The number of nitrogens with zero attached hydrogens (tertiary/aromatic N) is 4. The lowest BCUT2D eigenvalue weighted by atomic mass is 10.1. The van der Waals surface area contributed by atoms with E-state index in [0.29, 0.717) is 5.95 Å². The van der Waals surface area contributed by atoms with Crippen molar-refractivity contribution in [3.8, 4) is 0 Å². The van der Waals surface area contributed by atoms with Crippen LogP contribution in [0.25, 0.3) is 0 Å². The van der Waals surface area contributed by atoms with Crippen molar-refractivity contribution in [2.45, 2.75) is 26.2 Å². The number of anilines is 4. The zero-order chi connectivity index (χ0) is 16.1. The SMILES string of the molecule is CC(=O)Nc1cccc(Nc2nncc(N3CCCCC3)n2)c1. The molecule has 3 rings (SSSR count). The fourth-order valence-corrected chi connectivity index (χ4v) is 2.63. The number of rotatable bonds is 4. The lowest BCUT2D eigenvalue weighted by Crippen LogP contribution is -2.30. The summed E-state index contributed by atoms with van der Waals surface area (Å²) in [6.07, 6.45) is 5.34. The van der Waals surface area contributed by atoms with Crippen LogP contribution in [-0.2, 0) is 4.79 Å². The van der Waals surface area contributed by atoms with Gasteiger partial charge in [-0.1, -0.05) is 6.07 Å². The van der Waals surface area contributed by atoms with Gasteiger partial charge in [0.05, 0.1) is 6.20 Å². The molecule has 2 N–H and O–H groups in total. The van der Waals surface area contributed by atoms with Gasteiger partial charge in [0.25, 0.3) is 0 Å². The van der Waals surface area contributed by atoms with Crippen molar-refractivity contribution >= 4 is 29.0 Å². The minimum Gasteiger partial charge on any atom is -0.355 e. The van der Waals surface area contributed by atoms with Crippen LogP contribution < -0.4 is 15.5 Å². The second-order valence-electron chi connectivity index (χ2n) is 5.57. The Balaban J connectivity index is 1.73. The largest absolute Gasteiger partial charge is 0.355 e. The van der Waals surface area contributed by atoms with Crippen LogP contribution in [0.1, 0.15) is 26.2 Å². The van der Waals surface area contributed by atoms with Crippen molar-refractivity contribution in [3.05, 3.63) is 30.5 Å². The third-order valence-electron chi connectivity index (χ3n) is 3.67. The molecule has 1 amide bonds. The summed E-state index contributed by atoms with van der Waals surface area (Å²) in [5, 5.41) is 14.0. The number of hydrogen-bond acceptors (Lipinski definition) is 6. The Morgan fingerprint density at radius 1 is 1.17 bits per heavy atom. The summed E-state index contributed by atoms with van der Waals surface area (Å²) in [6.45, 7) is 3.50. The third kappa shape index (κ3) is 4.15. The van der Waals surface area contributed by atoms with Crippen molar-refractivity contribution < 1.29 is 4.79 Å². The van der Waals surface area contributed by atoms with Crippen molar-refractivity contribution in [2.24, 2.45) is 0 Å². The highest BCUT2D eigenvalue weighted by Crippen LogP contribution is 2.20. The Labute approximate surface area is 135 Å². The molecule has 0 unspecified atom stereocenters. The van der Waals surface area contributed by atoms with E-state index >= 15 is 0 Å².